The minimum absolute atomic E-state index is 0.539. The van der Waals surface area contributed by atoms with Crippen molar-refractivity contribution in [2.75, 3.05) is 4.90 Å². The first kappa shape index (κ1) is 44.0. The van der Waals surface area contributed by atoms with Gasteiger partial charge in [0.15, 0.2) is 0 Å². The Morgan fingerprint density at radius 2 is 0.720 bits per heavy atom. The van der Waals surface area contributed by atoms with Crippen molar-refractivity contribution < 1.29 is 0 Å². The first-order valence-electron chi connectivity index (χ1n) is 25.9. The van der Waals surface area contributed by atoms with E-state index in [0.717, 1.165) is 28.3 Å². The molecular weight excluding hydrogens is 905 g/mol. The molecule has 12 aromatic carbocycles. The molecule has 0 bridgehead atoms. The molecule has 0 saturated heterocycles. The molecule has 0 atom stereocenters. The van der Waals surface area contributed by atoms with Crippen molar-refractivity contribution in [3.05, 3.63) is 326 Å². The first-order chi connectivity index (χ1) is 37.2. The maximum absolute atomic E-state index is 2.50. The van der Waals surface area contributed by atoms with Crippen LogP contribution in [0.2, 0.25) is 0 Å². The minimum atomic E-state index is -0.539. The minimum Gasteiger partial charge on any atom is -0.310 e. The summed E-state index contributed by atoms with van der Waals surface area (Å²) in [6.07, 6.45) is 0. The highest BCUT2D eigenvalue weighted by Gasteiger charge is 2.46. The third kappa shape index (κ3) is 7.41. The predicted octanol–water partition coefficient (Wildman–Crippen LogP) is 19.3. The highest BCUT2D eigenvalue weighted by Crippen LogP contribution is 2.57. The van der Waals surface area contributed by atoms with E-state index in [4.69, 9.17) is 0 Å². The molecule has 14 rings (SSSR count). The Morgan fingerprint density at radius 1 is 0.267 bits per heavy atom. The fourth-order valence-corrected chi connectivity index (χ4v) is 12.1. The van der Waals surface area contributed by atoms with Crippen LogP contribution in [0.3, 0.4) is 0 Å². The molecule has 0 spiro atoms. The Morgan fingerprint density at radius 3 is 1.32 bits per heavy atom. The van der Waals surface area contributed by atoms with E-state index < -0.39 is 5.41 Å². The number of benzene rings is 12. The molecule has 352 valence electrons. The second kappa shape index (κ2) is 18.4. The molecule has 0 radical (unpaired) electrons. The number of anilines is 3. The van der Waals surface area contributed by atoms with Gasteiger partial charge in [-0.05, 0) is 139 Å². The van der Waals surface area contributed by atoms with Gasteiger partial charge in [-0.1, -0.05) is 237 Å². The van der Waals surface area contributed by atoms with Gasteiger partial charge in [0.25, 0.3) is 0 Å². The van der Waals surface area contributed by atoms with Crippen LogP contribution in [-0.2, 0) is 5.41 Å². The molecule has 0 N–H and O–H groups in total. The Hall–Kier alpha value is -9.76. The highest BCUT2D eigenvalue weighted by molar-refractivity contribution is 6.16. The average molecular weight is 955 g/mol. The summed E-state index contributed by atoms with van der Waals surface area (Å²) in [5.74, 6) is 0. The summed E-state index contributed by atoms with van der Waals surface area (Å²) in [6, 6.07) is 111. The summed E-state index contributed by atoms with van der Waals surface area (Å²) in [5, 5.41) is 2.43. The first-order valence-corrected chi connectivity index (χ1v) is 25.9. The van der Waals surface area contributed by atoms with Crippen LogP contribution in [0, 0.1) is 0 Å². The van der Waals surface area contributed by atoms with Gasteiger partial charge >= 0.3 is 0 Å². The largest absolute Gasteiger partial charge is 0.310 e. The van der Waals surface area contributed by atoms with Crippen LogP contribution in [-0.4, -0.2) is 4.57 Å². The maximum atomic E-state index is 2.50. The van der Waals surface area contributed by atoms with Gasteiger partial charge in [-0.3, -0.25) is 0 Å². The zero-order valence-electron chi connectivity index (χ0n) is 41.3. The number of hydrogen-bond acceptors (Lipinski definition) is 1. The Labute approximate surface area is 438 Å². The Kier molecular flexibility index (Phi) is 10.8. The molecule has 0 fully saturated rings. The van der Waals surface area contributed by atoms with Crippen molar-refractivity contribution in [3.8, 4) is 61.3 Å². The standard InChI is InChI=1S/C73H50N2/c1-7-21-51(22-8-1)54-35-38-60(39-36-54)74(63-44-46-65-64-33-19-20-34-69(64)73(70(65)50-63,58-29-15-5-16-30-58)59-31-17-6-18-32-59)61-40-42-62(43-41-61)75-71-49-56(52-23-9-2-10-24-52)37-45-66(71)68-48-57(53-25-11-3-12-26-53)47-67(72(68)75)55-27-13-4-14-28-55/h1-50H. The second-order valence-electron chi connectivity index (χ2n) is 19.6. The number of nitrogens with zero attached hydrogens (tertiary/aromatic N) is 2. The lowest BCUT2D eigenvalue weighted by Crippen LogP contribution is -2.28. The van der Waals surface area contributed by atoms with Crippen molar-refractivity contribution in [2.24, 2.45) is 0 Å². The number of hydrogen-bond donors (Lipinski definition) is 0. The van der Waals surface area contributed by atoms with Crippen molar-refractivity contribution in [1.29, 1.82) is 0 Å². The van der Waals surface area contributed by atoms with E-state index in [2.05, 4.69) is 313 Å². The summed E-state index contributed by atoms with van der Waals surface area (Å²) < 4.78 is 2.50. The summed E-state index contributed by atoms with van der Waals surface area (Å²) in [7, 11) is 0. The van der Waals surface area contributed by atoms with Crippen LogP contribution in [0.5, 0.6) is 0 Å². The van der Waals surface area contributed by atoms with Crippen LogP contribution in [0.15, 0.2) is 303 Å². The fraction of sp³-hybridized carbons (Fsp3) is 0.0137. The molecular formula is C73H50N2. The highest BCUT2D eigenvalue weighted by atomic mass is 15.1. The molecule has 1 aliphatic rings. The van der Waals surface area contributed by atoms with E-state index in [1.54, 1.807) is 0 Å². The van der Waals surface area contributed by atoms with Crippen LogP contribution < -0.4 is 4.90 Å². The third-order valence-corrected chi connectivity index (χ3v) is 15.5. The van der Waals surface area contributed by atoms with Gasteiger partial charge in [0, 0.05) is 39.1 Å². The molecule has 13 aromatic rings. The molecule has 1 heterocycles. The molecule has 0 aliphatic heterocycles. The van der Waals surface area contributed by atoms with Gasteiger partial charge < -0.3 is 9.47 Å². The lowest BCUT2D eigenvalue weighted by Gasteiger charge is -2.35. The Balaban J connectivity index is 0.988. The lowest BCUT2D eigenvalue weighted by atomic mass is 9.67. The van der Waals surface area contributed by atoms with Gasteiger partial charge in [-0.2, -0.15) is 0 Å². The van der Waals surface area contributed by atoms with Crippen LogP contribution >= 0.6 is 0 Å². The van der Waals surface area contributed by atoms with Gasteiger partial charge in [0.1, 0.15) is 0 Å². The summed E-state index contributed by atoms with van der Waals surface area (Å²) in [5.41, 5.74) is 23.2. The lowest BCUT2D eigenvalue weighted by molar-refractivity contribution is 0.768. The zero-order chi connectivity index (χ0) is 49.7. The van der Waals surface area contributed by atoms with Gasteiger partial charge in [0.05, 0.1) is 16.4 Å². The van der Waals surface area contributed by atoms with Gasteiger partial charge in [-0.25, -0.2) is 0 Å². The summed E-state index contributed by atoms with van der Waals surface area (Å²) >= 11 is 0. The molecule has 2 heteroatoms. The SMILES string of the molecule is c1ccc(-c2ccc(N(c3ccc(-n4c5cc(-c6ccccc6)ccc5c5cc(-c6ccccc6)cc(-c6ccccc6)c54)cc3)c3ccc4c(c3)C(c3ccccc3)(c3ccccc3)c3ccccc3-4)cc2)cc1. The zero-order valence-corrected chi connectivity index (χ0v) is 41.3. The number of rotatable bonds is 10. The van der Waals surface area contributed by atoms with Gasteiger partial charge in [-0.15, -0.1) is 0 Å². The predicted molar refractivity (Wildman–Crippen MR) is 315 cm³/mol. The maximum Gasteiger partial charge on any atom is 0.0714 e. The van der Waals surface area contributed by atoms with Crippen molar-refractivity contribution in [3.63, 3.8) is 0 Å². The average Bonchev–Trinajstić information content (AvgIpc) is 3.99. The van der Waals surface area contributed by atoms with E-state index in [9.17, 15) is 0 Å². The molecule has 1 aliphatic carbocycles. The summed E-state index contributed by atoms with van der Waals surface area (Å²) in [4.78, 5) is 2.43. The fourth-order valence-electron chi connectivity index (χ4n) is 12.1. The number of fused-ring (bicyclic) bond motifs is 6. The van der Waals surface area contributed by atoms with E-state index in [0.29, 0.717) is 0 Å². The van der Waals surface area contributed by atoms with Crippen LogP contribution in [0.25, 0.3) is 83.1 Å². The normalized spacial score (nSPS) is 12.4. The molecule has 0 amide bonds. The van der Waals surface area contributed by atoms with E-state index in [-0.39, 0.29) is 0 Å². The monoisotopic (exact) mass is 954 g/mol. The van der Waals surface area contributed by atoms with Crippen molar-refractivity contribution in [1.82, 2.24) is 4.57 Å². The topological polar surface area (TPSA) is 8.17 Å². The molecule has 0 saturated carbocycles. The Bertz CT molecular complexity index is 4130. The van der Waals surface area contributed by atoms with Crippen LogP contribution in [0.4, 0.5) is 17.1 Å². The molecule has 1 aromatic heterocycles. The third-order valence-electron chi connectivity index (χ3n) is 15.5. The van der Waals surface area contributed by atoms with E-state index in [1.807, 2.05) is 0 Å². The summed E-state index contributed by atoms with van der Waals surface area (Å²) in [6.45, 7) is 0. The quantitative estimate of drug-likeness (QED) is 0.133. The smallest absolute Gasteiger partial charge is 0.0714 e. The second-order valence-corrected chi connectivity index (χ2v) is 19.6. The van der Waals surface area contributed by atoms with Crippen LogP contribution in [0.1, 0.15) is 22.3 Å². The van der Waals surface area contributed by atoms with E-state index >= 15 is 0 Å². The molecule has 2 nitrogen and oxygen atoms in total. The van der Waals surface area contributed by atoms with Crippen molar-refractivity contribution >= 4 is 38.9 Å². The molecule has 75 heavy (non-hydrogen) atoms. The molecule has 0 unspecified atom stereocenters. The number of aromatic nitrogens is 1. The van der Waals surface area contributed by atoms with Crippen molar-refractivity contribution in [2.45, 2.75) is 5.41 Å². The van der Waals surface area contributed by atoms with Gasteiger partial charge in [0.2, 0.25) is 0 Å². The van der Waals surface area contributed by atoms with E-state index in [1.165, 1.54) is 94.2 Å².